The van der Waals surface area contributed by atoms with Crippen molar-refractivity contribution >= 4 is 11.9 Å². The van der Waals surface area contributed by atoms with E-state index in [1.54, 1.807) is 37.1 Å². The van der Waals surface area contributed by atoms with E-state index >= 15 is 0 Å². The molecule has 0 saturated heterocycles. The van der Waals surface area contributed by atoms with Gasteiger partial charge in [0.2, 0.25) is 5.91 Å². The number of nitrogens with one attached hydrogen (secondary N) is 1. The predicted octanol–water partition coefficient (Wildman–Crippen LogP) is 0.341. The fourth-order valence-electron chi connectivity index (χ4n) is 1.29. The van der Waals surface area contributed by atoms with Gasteiger partial charge in [0.05, 0.1) is 12.9 Å². The molecule has 1 rings (SSSR count). The van der Waals surface area contributed by atoms with E-state index in [9.17, 15) is 9.59 Å². The number of hydrogen-bond donors (Lipinski definition) is 1. The third-order valence-electron chi connectivity index (χ3n) is 2.17. The quantitative estimate of drug-likeness (QED) is 0.726. The third-order valence-corrected chi connectivity index (χ3v) is 2.17. The first-order valence-electron chi connectivity index (χ1n) is 5.55. The Labute approximate surface area is 100.0 Å². The maximum Gasteiger partial charge on any atom is 0.328 e. The number of carbonyl (C=O) groups excluding carboxylic acids is 2. The van der Waals surface area contributed by atoms with Crippen LogP contribution in [0.4, 0.5) is 0 Å². The maximum atomic E-state index is 11.5. The Balaban J connectivity index is 2.27. The van der Waals surface area contributed by atoms with Crippen LogP contribution in [0.2, 0.25) is 0 Å². The highest BCUT2D eigenvalue weighted by Crippen LogP contribution is 1.93. The van der Waals surface area contributed by atoms with E-state index < -0.39 is 12.0 Å². The average Bonchev–Trinajstić information content (AvgIpc) is 2.79. The van der Waals surface area contributed by atoms with Crippen molar-refractivity contribution in [1.82, 2.24) is 14.9 Å². The van der Waals surface area contributed by atoms with Gasteiger partial charge in [0.25, 0.3) is 0 Å². The fraction of sp³-hybridized carbons (Fsp3) is 0.545. The van der Waals surface area contributed by atoms with Gasteiger partial charge in [0.15, 0.2) is 0 Å². The number of amides is 1. The molecule has 0 aromatic carbocycles. The molecule has 1 N–H and O–H groups in total. The van der Waals surface area contributed by atoms with E-state index in [0.29, 0.717) is 19.6 Å². The van der Waals surface area contributed by atoms with E-state index in [4.69, 9.17) is 4.74 Å². The fourth-order valence-corrected chi connectivity index (χ4v) is 1.29. The lowest BCUT2D eigenvalue weighted by Gasteiger charge is -2.12. The molecule has 1 amide bonds. The van der Waals surface area contributed by atoms with Crippen LogP contribution < -0.4 is 5.32 Å². The SMILES string of the molecule is CCOC(=O)C(C)NC(=O)CCn1ccnc1. The average molecular weight is 239 g/mol. The smallest absolute Gasteiger partial charge is 0.328 e. The molecule has 0 spiro atoms. The first kappa shape index (κ1) is 13.2. The molecule has 0 aliphatic carbocycles. The van der Waals surface area contributed by atoms with Crippen LogP contribution in [-0.4, -0.2) is 34.1 Å². The molecule has 0 aliphatic heterocycles. The highest BCUT2D eigenvalue weighted by atomic mass is 16.5. The summed E-state index contributed by atoms with van der Waals surface area (Å²) < 4.78 is 6.59. The van der Waals surface area contributed by atoms with Crippen LogP contribution >= 0.6 is 0 Å². The monoisotopic (exact) mass is 239 g/mol. The van der Waals surface area contributed by atoms with Crippen molar-refractivity contribution in [2.45, 2.75) is 32.9 Å². The van der Waals surface area contributed by atoms with E-state index in [2.05, 4.69) is 10.3 Å². The number of nitrogens with zero attached hydrogens (tertiary/aromatic N) is 2. The Morgan fingerprint density at radius 1 is 1.53 bits per heavy atom. The summed E-state index contributed by atoms with van der Waals surface area (Å²) in [5.41, 5.74) is 0. The van der Waals surface area contributed by atoms with Gasteiger partial charge in [-0.3, -0.25) is 4.79 Å². The van der Waals surface area contributed by atoms with Crippen molar-refractivity contribution in [1.29, 1.82) is 0 Å². The first-order valence-corrected chi connectivity index (χ1v) is 5.55. The molecular formula is C11H17N3O3. The largest absolute Gasteiger partial charge is 0.464 e. The zero-order chi connectivity index (χ0) is 12.7. The summed E-state index contributed by atoms with van der Waals surface area (Å²) in [6.07, 6.45) is 5.38. The minimum absolute atomic E-state index is 0.181. The summed E-state index contributed by atoms with van der Waals surface area (Å²) in [5.74, 6) is -0.595. The standard InChI is InChI=1S/C11H17N3O3/c1-3-17-11(16)9(2)13-10(15)4-6-14-7-5-12-8-14/h5,7-9H,3-4,6H2,1-2H3,(H,13,15). The van der Waals surface area contributed by atoms with Gasteiger partial charge in [-0.05, 0) is 13.8 Å². The number of esters is 1. The second-order valence-electron chi connectivity index (χ2n) is 3.59. The lowest BCUT2D eigenvalue weighted by molar-refractivity contribution is -0.146. The van der Waals surface area contributed by atoms with Crippen molar-refractivity contribution in [2.24, 2.45) is 0 Å². The van der Waals surface area contributed by atoms with Gasteiger partial charge in [-0.15, -0.1) is 0 Å². The molecule has 0 aliphatic rings. The molecule has 1 unspecified atom stereocenters. The van der Waals surface area contributed by atoms with Crippen molar-refractivity contribution in [3.8, 4) is 0 Å². The summed E-state index contributed by atoms with van der Waals surface area (Å²) in [5, 5.41) is 2.58. The van der Waals surface area contributed by atoms with Crippen LogP contribution in [-0.2, 0) is 20.9 Å². The molecule has 1 atom stereocenters. The zero-order valence-electron chi connectivity index (χ0n) is 10.0. The molecule has 6 heteroatoms. The minimum Gasteiger partial charge on any atom is -0.464 e. The molecule has 94 valence electrons. The van der Waals surface area contributed by atoms with E-state index in [0.717, 1.165) is 0 Å². The van der Waals surface area contributed by atoms with Crippen LogP contribution in [0, 0.1) is 0 Å². The van der Waals surface area contributed by atoms with Crippen LogP contribution in [0.5, 0.6) is 0 Å². The third kappa shape index (κ3) is 4.67. The highest BCUT2D eigenvalue weighted by molar-refractivity contribution is 5.84. The Hall–Kier alpha value is -1.85. The number of aromatic nitrogens is 2. The lowest BCUT2D eigenvalue weighted by atomic mass is 10.3. The summed E-state index contributed by atoms with van der Waals surface area (Å²) in [4.78, 5) is 26.6. The van der Waals surface area contributed by atoms with E-state index in [-0.39, 0.29) is 5.91 Å². The molecule has 1 aromatic heterocycles. The Bertz CT molecular complexity index is 362. The summed E-state index contributed by atoms with van der Waals surface area (Å²) in [7, 11) is 0. The minimum atomic E-state index is -0.606. The van der Waals surface area contributed by atoms with Crippen molar-refractivity contribution in [3.05, 3.63) is 18.7 Å². The number of rotatable bonds is 6. The topological polar surface area (TPSA) is 73.2 Å². The van der Waals surface area contributed by atoms with Crippen molar-refractivity contribution in [2.75, 3.05) is 6.61 Å². The van der Waals surface area contributed by atoms with Gasteiger partial charge in [-0.1, -0.05) is 0 Å². The van der Waals surface area contributed by atoms with Crippen LogP contribution in [0.25, 0.3) is 0 Å². The van der Waals surface area contributed by atoms with Gasteiger partial charge < -0.3 is 14.6 Å². The Morgan fingerprint density at radius 3 is 2.88 bits per heavy atom. The first-order chi connectivity index (χ1) is 8.13. The molecule has 1 aromatic rings. The summed E-state index contributed by atoms with van der Waals surface area (Å²) in [6.45, 7) is 4.19. The van der Waals surface area contributed by atoms with Crippen molar-refractivity contribution in [3.63, 3.8) is 0 Å². The molecule has 0 fully saturated rings. The van der Waals surface area contributed by atoms with Crippen LogP contribution in [0.1, 0.15) is 20.3 Å². The van der Waals surface area contributed by atoms with Crippen LogP contribution in [0.15, 0.2) is 18.7 Å². The second kappa shape index (κ2) is 6.67. The number of aryl methyl sites for hydroxylation is 1. The Morgan fingerprint density at radius 2 is 2.29 bits per heavy atom. The van der Waals surface area contributed by atoms with Gasteiger partial charge >= 0.3 is 5.97 Å². The number of ether oxygens (including phenoxy) is 1. The van der Waals surface area contributed by atoms with Gasteiger partial charge in [-0.25, -0.2) is 9.78 Å². The molecular weight excluding hydrogens is 222 g/mol. The normalized spacial score (nSPS) is 11.9. The van der Waals surface area contributed by atoms with Gasteiger partial charge in [-0.2, -0.15) is 0 Å². The van der Waals surface area contributed by atoms with Crippen LogP contribution in [0.3, 0.4) is 0 Å². The van der Waals surface area contributed by atoms with Crippen molar-refractivity contribution < 1.29 is 14.3 Å². The molecule has 0 radical (unpaired) electrons. The number of carbonyl (C=O) groups is 2. The molecule has 17 heavy (non-hydrogen) atoms. The Kier molecular flexibility index (Phi) is 5.19. The molecule has 0 saturated carbocycles. The predicted molar refractivity (Wildman–Crippen MR) is 61.1 cm³/mol. The maximum absolute atomic E-state index is 11.5. The zero-order valence-corrected chi connectivity index (χ0v) is 10.0. The molecule has 1 heterocycles. The molecule has 0 bridgehead atoms. The summed E-state index contributed by atoms with van der Waals surface area (Å²) >= 11 is 0. The van der Waals surface area contributed by atoms with E-state index in [1.165, 1.54) is 0 Å². The van der Waals surface area contributed by atoms with E-state index in [1.807, 2.05) is 0 Å². The van der Waals surface area contributed by atoms with Gasteiger partial charge in [0, 0.05) is 25.4 Å². The lowest BCUT2D eigenvalue weighted by Crippen LogP contribution is -2.39. The number of hydrogen-bond acceptors (Lipinski definition) is 4. The number of imidazole rings is 1. The van der Waals surface area contributed by atoms with Gasteiger partial charge in [0.1, 0.15) is 6.04 Å². The second-order valence-corrected chi connectivity index (χ2v) is 3.59. The molecule has 6 nitrogen and oxygen atoms in total. The summed E-state index contributed by atoms with van der Waals surface area (Å²) in [6, 6.07) is -0.606. The highest BCUT2D eigenvalue weighted by Gasteiger charge is 2.15.